The summed E-state index contributed by atoms with van der Waals surface area (Å²) in [5, 5.41) is 0. The van der Waals surface area contributed by atoms with Crippen LogP contribution >= 0.6 is 24.0 Å². The molecule has 2 aliphatic heterocycles. The SMILES string of the molecule is O=C(/C=C/c1ccccc1)Oc1ccc(/C=C2\SC(=S)N(C[C@H]3CCCO3)C2=O)cc1. The molecule has 0 saturated carbocycles. The Morgan fingerprint density at radius 1 is 1.16 bits per heavy atom. The fraction of sp³-hybridized carbons (Fsp3) is 0.208. The van der Waals surface area contributed by atoms with Gasteiger partial charge >= 0.3 is 5.97 Å². The number of rotatable bonds is 6. The summed E-state index contributed by atoms with van der Waals surface area (Å²) in [5.74, 6) is -0.107. The van der Waals surface area contributed by atoms with Crippen LogP contribution in [0.1, 0.15) is 24.0 Å². The fourth-order valence-electron chi connectivity index (χ4n) is 3.31. The molecule has 2 saturated heterocycles. The van der Waals surface area contributed by atoms with E-state index in [0.717, 1.165) is 30.6 Å². The quantitative estimate of drug-likeness (QED) is 0.275. The number of thioether (sulfide) groups is 1. The first-order valence-electron chi connectivity index (χ1n) is 10.0. The first-order valence-corrected chi connectivity index (χ1v) is 11.2. The van der Waals surface area contributed by atoms with E-state index in [4.69, 9.17) is 21.7 Å². The summed E-state index contributed by atoms with van der Waals surface area (Å²) in [6.07, 6.45) is 6.94. The normalized spacial score (nSPS) is 20.2. The molecule has 158 valence electrons. The van der Waals surface area contributed by atoms with Gasteiger partial charge in [-0.1, -0.05) is 66.4 Å². The highest BCUT2D eigenvalue weighted by Gasteiger charge is 2.34. The highest BCUT2D eigenvalue weighted by atomic mass is 32.2. The van der Waals surface area contributed by atoms with Crippen LogP contribution < -0.4 is 4.74 Å². The highest BCUT2D eigenvalue weighted by Crippen LogP contribution is 2.33. The minimum Gasteiger partial charge on any atom is -0.423 e. The van der Waals surface area contributed by atoms with Crippen molar-refractivity contribution in [2.45, 2.75) is 18.9 Å². The molecule has 0 bridgehead atoms. The zero-order valence-corrected chi connectivity index (χ0v) is 18.4. The molecule has 0 aliphatic carbocycles. The first kappa shape index (κ1) is 21.5. The number of thiocarbonyl (C=S) groups is 1. The Bertz CT molecular complexity index is 1030. The number of carbonyl (C=O) groups excluding carboxylic acids is 2. The lowest BCUT2D eigenvalue weighted by Crippen LogP contribution is -2.35. The summed E-state index contributed by atoms with van der Waals surface area (Å²) < 4.78 is 11.5. The van der Waals surface area contributed by atoms with E-state index in [0.29, 0.717) is 21.5 Å². The maximum Gasteiger partial charge on any atom is 0.336 e. The van der Waals surface area contributed by atoms with Gasteiger partial charge in [-0.25, -0.2) is 4.79 Å². The third kappa shape index (κ3) is 5.70. The standard InChI is InChI=1S/C24H21NO4S2/c26-22(13-10-17-5-2-1-3-6-17)29-19-11-8-18(9-12-19)15-21-23(27)25(24(30)31-21)16-20-7-4-14-28-20/h1-3,5-6,8-13,15,20H,4,7,14,16H2/b13-10+,21-15-/t20-/m1/s1. The van der Waals surface area contributed by atoms with E-state index in [-0.39, 0.29) is 12.0 Å². The fourth-order valence-corrected chi connectivity index (χ4v) is 4.59. The second-order valence-corrected chi connectivity index (χ2v) is 8.84. The van der Waals surface area contributed by atoms with Gasteiger partial charge in [-0.15, -0.1) is 0 Å². The molecule has 2 aromatic rings. The van der Waals surface area contributed by atoms with Gasteiger partial charge in [0.15, 0.2) is 0 Å². The molecule has 2 aliphatic rings. The van der Waals surface area contributed by atoms with E-state index >= 15 is 0 Å². The van der Waals surface area contributed by atoms with Crippen LogP contribution in [-0.4, -0.2) is 40.4 Å². The van der Waals surface area contributed by atoms with Gasteiger partial charge in [-0.3, -0.25) is 9.69 Å². The average molecular weight is 452 g/mol. The van der Waals surface area contributed by atoms with Crippen molar-refractivity contribution in [3.05, 3.63) is 76.7 Å². The van der Waals surface area contributed by atoms with Crippen LogP contribution in [0.4, 0.5) is 0 Å². The van der Waals surface area contributed by atoms with Crippen molar-refractivity contribution in [3.63, 3.8) is 0 Å². The largest absolute Gasteiger partial charge is 0.423 e. The van der Waals surface area contributed by atoms with E-state index in [9.17, 15) is 9.59 Å². The van der Waals surface area contributed by atoms with Crippen molar-refractivity contribution in [3.8, 4) is 5.75 Å². The molecular formula is C24H21NO4S2. The Kier molecular flexibility index (Phi) is 6.96. The minimum absolute atomic E-state index is 0.0618. The second-order valence-electron chi connectivity index (χ2n) is 7.16. The molecule has 0 N–H and O–H groups in total. The number of nitrogens with zero attached hydrogens (tertiary/aromatic N) is 1. The summed E-state index contributed by atoms with van der Waals surface area (Å²) >= 11 is 6.68. The van der Waals surface area contributed by atoms with E-state index in [1.165, 1.54) is 17.8 Å². The monoisotopic (exact) mass is 451 g/mol. The van der Waals surface area contributed by atoms with Gasteiger partial charge in [-0.2, -0.15) is 0 Å². The van der Waals surface area contributed by atoms with Crippen LogP contribution in [0.25, 0.3) is 12.2 Å². The van der Waals surface area contributed by atoms with Gasteiger partial charge in [-0.05, 0) is 48.3 Å². The van der Waals surface area contributed by atoms with Crippen LogP contribution in [0.15, 0.2) is 65.6 Å². The number of hydrogen-bond acceptors (Lipinski definition) is 6. The van der Waals surface area contributed by atoms with E-state index in [1.807, 2.05) is 30.3 Å². The molecule has 1 atom stereocenters. The van der Waals surface area contributed by atoms with Crippen molar-refractivity contribution in [2.24, 2.45) is 0 Å². The number of amides is 1. The summed E-state index contributed by atoms with van der Waals surface area (Å²) in [6.45, 7) is 1.25. The van der Waals surface area contributed by atoms with Crippen LogP contribution in [0.2, 0.25) is 0 Å². The Morgan fingerprint density at radius 3 is 2.65 bits per heavy atom. The van der Waals surface area contributed by atoms with Crippen molar-refractivity contribution in [2.75, 3.05) is 13.2 Å². The number of hydrogen-bond donors (Lipinski definition) is 0. The molecule has 0 spiro atoms. The molecule has 4 rings (SSSR count). The zero-order valence-electron chi connectivity index (χ0n) is 16.7. The predicted octanol–water partition coefficient (Wildman–Crippen LogP) is 4.69. The Labute approximate surface area is 190 Å². The van der Waals surface area contributed by atoms with Crippen molar-refractivity contribution in [1.82, 2.24) is 4.90 Å². The highest BCUT2D eigenvalue weighted by molar-refractivity contribution is 8.26. The maximum atomic E-state index is 12.7. The molecule has 2 heterocycles. The van der Waals surface area contributed by atoms with E-state index in [1.54, 1.807) is 41.3 Å². The van der Waals surface area contributed by atoms with Crippen LogP contribution in [0.3, 0.4) is 0 Å². The Balaban J connectivity index is 1.36. The summed E-state index contributed by atoms with van der Waals surface area (Å²) in [5.41, 5.74) is 1.75. The minimum atomic E-state index is -0.452. The third-order valence-electron chi connectivity index (χ3n) is 4.89. The van der Waals surface area contributed by atoms with E-state index in [2.05, 4.69) is 0 Å². The molecule has 0 aromatic heterocycles. The number of ether oxygens (including phenoxy) is 2. The van der Waals surface area contributed by atoms with E-state index < -0.39 is 5.97 Å². The van der Waals surface area contributed by atoms with Crippen LogP contribution in [-0.2, 0) is 14.3 Å². The van der Waals surface area contributed by atoms with Crippen LogP contribution in [0, 0.1) is 0 Å². The van der Waals surface area contributed by atoms with Gasteiger partial charge in [0.1, 0.15) is 10.1 Å². The molecular weight excluding hydrogens is 430 g/mol. The lowest BCUT2D eigenvalue weighted by atomic mass is 10.2. The molecule has 7 heteroatoms. The molecule has 2 aromatic carbocycles. The smallest absolute Gasteiger partial charge is 0.336 e. The summed E-state index contributed by atoms with van der Waals surface area (Å²) in [7, 11) is 0. The maximum absolute atomic E-state index is 12.7. The first-order chi connectivity index (χ1) is 15.1. The third-order valence-corrected chi connectivity index (χ3v) is 6.27. The molecule has 2 fully saturated rings. The van der Waals surface area contributed by atoms with Crippen molar-refractivity contribution >= 4 is 52.3 Å². The van der Waals surface area contributed by atoms with Gasteiger partial charge in [0.05, 0.1) is 17.6 Å². The topological polar surface area (TPSA) is 55.8 Å². The van der Waals surface area contributed by atoms with Gasteiger partial charge in [0, 0.05) is 12.7 Å². The number of carbonyl (C=O) groups is 2. The van der Waals surface area contributed by atoms with Crippen molar-refractivity contribution < 1.29 is 19.1 Å². The molecule has 31 heavy (non-hydrogen) atoms. The van der Waals surface area contributed by atoms with Gasteiger partial charge < -0.3 is 9.47 Å². The van der Waals surface area contributed by atoms with Crippen molar-refractivity contribution in [1.29, 1.82) is 0 Å². The number of esters is 1. The average Bonchev–Trinajstić information content (AvgIpc) is 3.39. The van der Waals surface area contributed by atoms with Crippen LogP contribution in [0.5, 0.6) is 5.75 Å². The zero-order chi connectivity index (χ0) is 21.6. The summed E-state index contributed by atoms with van der Waals surface area (Å²) in [4.78, 5) is 26.9. The summed E-state index contributed by atoms with van der Waals surface area (Å²) in [6, 6.07) is 16.5. The molecule has 5 nitrogen and oxygen atoms in total. The Morgan fingerprint density at radius 2 is 1.94 bits per heavy atom. The number of benzene rings is 2. The lowest BCUT2D eigenvalue weighted by molar-refractivity contribution is -0.129. The van der Waals surface area contributed by atoms with Gasteiger partial charge in [0.25, 0.3) is 5.91 Å². The second kappa shape index (κ2) is 10.0. The molecule has 1 amide bonds. The molecule has 0 unspecified atom stereocenters. The molecule has 0 radical (unpaired) electrons. The predicted molar refractivity (Wildman–Crippen MR) is 126 cm³/mol. The van der Waals surface area contributed by atoms with Gasteiger partial charge in [0.2, 0.25) is 0 Å². The Hall–Kier alpha value is -2.74. The lowest BCUT2D eigenvalue weighted by Gasteiger charge is -2.18.